The topological polar surface area (TPSA) is 17.1 Å². The van der Waals surface area contributed by atoms with Crippen LogP contribution in [0.15, 0.2) is 96.8 Å². The molecule has 22 heavy (non-hydrogen) atoms. The van der Waals surface area contributed by atoms with Crippen molar-refractivity contribution >= 4 is 17.8 Å². The second-order valence-electron chi connectivity index (χ2n) is 4.97. The lowest BCUT2D eigenvalue weighted by Gasteiger charge is -2.15. The molecule has 0 N–H and O–H groups in total. The Balaban J connectivity index is 2.09. The molecule has 3 rings (SSSR count). The third kappa shape index (κ3) is 3.10. The summed E-state index contributed by atoms with van der Waals surface area (Å²) in [5.74, 6) is 1.73. The molecule has 1 nitrogen and oxygen atoms in total. The van der Waals surface area contributed by atoms with Crippen molar-refractivity contribution in [2.45, 2.75) is 0 Å². The first-order chi connectivity index (χ1) is 10.8. The van der Waals surface area contributed by atoms with E-state index < -0.39 is 7.14 Å². The molecule has 0 saturated heterocycles. The van der Waals surface area contributed by atoms with E-state index in [0.29, 0.717) is 0 Å². The van der Waals surface area contributed by atoms with Crippen LogP contribution in [0.1, 0.15) is 5.56 Å². The van der Waals surface area contributed by atoms with Gasteiger partial charge < -0.3 is 4.57 Å². The molecular weight excluding hydrogens is 287 g/mol. The van der Waals surface area contributed by atoms with Crippen LogP contribution in [0.3, 0.4) is 0 Å². The third-order valence-corrected chi connectivity index (χ3v) is 6.09. The summed E-state index contributed by atoms with van der Waals surface area (Å²) in [7, 11) is -2.83. The molecular formula is C20H16OP. The van der Waals surface area contributed by atoms with Gasteiger partial charge in [0, 0.05) is 10.6 Å². The minimum Gasteiger partial charge on any atom is -0.309 e. The molecule has 107 valence electrons. The molecule has 0 aliphatic carbocycles. The van der Waals surface area contributed by atoms with Crippen molar-refractivity contribution in [1.29, 1.82) is 0 Å². The standard InChI is InChI=1S/C20H16OP/c21-22(19-12-6-2-7-13-19,20-14-8-3-9-15-20)17-16-18-10-4-1-5-11-18/h1-15,17H. The van der Waals surface area contributed by atoms with Crippen LogP contribution in [0.4, 0.5) is 0 Å². The summed E-state index contributed by atoms with van der Waals surface area (Å²) in [4.78, 5) is 0. The van der Waals surface area contributed by atoms with Crippen LogP contribution in [0.2, 0.25) is 0 Å². The lowest BCUT2D eigenvalue weighted by molar-refractivity contribution is 0.592. The third-order valence-electron chi connectivity index (χ3n) is 3.47. The molecule has 0 spiro atoms. The van der Waals surface area contributed by atoms with Crippen molar-refractivity contribution in [2.75, 3.05) is 0 Å². The molecule has 0 bridgehead atoms. The summed E-state index contributed by atoms with van der Waals surface area (Å²) in [6, 6.07) is 29.0. The highest BCUT2D eigenvalue weighted by atomic mass is 31.2. The minimum atomic E-state index is -2.83. The van der Waals surface area contributed by atoms with E-state index >= 15 is 0 Å². The van der Waals surface area contributed by atoms with E-state index in [2.05, 4.69) is 6.08 Å². The summed E-state index contributed by atoms with van der Waals surface area (Å²) < 4.78 is 13.7. The van der Waals surface area contributed by atoms with Crippen molar-refractivity contribution in [1.82, 2.24) is 0 Å². The van der Waals surface area contributed by atoms with Gasteiger partial charge in [-0.15, -0.1) is 0 Å². The fourth-order valence-electron chi connectivity index (χ4n) is 2.30. The van der Waals surface area contributed by atoms with E-state index in [9.17, 15) is 4.57 Å². The first-order valence-electron chi connectivity index (χ1n) is 7.16. The van der Waals surface area contributed by atoms with Crippen molar-refractivity contribution in [3.8, 4) is 0 Å². The van der Waals surface area contributed by atoms with Crippen molar-refractivity contribution in [3.63, 3.8) is 0 Å². The molecule has 2 heteroatoms. The molecule has 0 aromatic heterocycles. The molecule has 0 aliphatic heterocycles. The summed E-state index contributed by atoms with van der Waals surface area (Å²) in [5.41, 5.74) is 0.926. The van der Waals surface area contributed by atoms with Crippen LogP contribution in [0.5, 0.6) is 0 Å². The zero-order chi connectivity index (χ0) is 15.3. The molecule has 1 radical (unpaired) electrons. The Labute approximate surface area is 131 Å². The molecule has 0 saturated carbocycles. The lowest BCUT2D eigenvalue weighted by Crippen LogP contribution is -2.13. The highest BCUT2D eigenvalue weighted by Crippen LogP contribution is 2.44. The zero-order valence-electron chi connectivity index (χ0n) is 12.1. The van der Waals surface area contributed by atoms with E-state index in [1.807, 2.05) is 91.0 Å². The number of benzene rings is 3. The number of hydrogen-bond donors (Lipinski definition) is 0. The Hall–Kier alpha value is -2.37. The second-order valence-corrected chi connectivity index (χ2v) is 7.58. The van der Waals surface area contributed by atoms with Crippen LogP contribution >= 0.6 is 7.14 Å². The monoisotopic (exact) mass is 303 g/mol. The van der Waals surface area contributed by atoms with Gasteiger partial charge in [-0.1, -0.05) is 91.0 Å². The van der Waals surface area contributed by atoms with Gasteiger partial charge >= 0.3 is 0 Å². The van der Waals surface area contributed by atoms with Crippen LogP contribution in [0, 0.1) is 6.08 Å². The Morgan fingerprint density at radius 1 is 0.636 bits per heavy atom. The van der Waals surface area contributed by atoms with E-state index in [0.717, 1.165) is 16.2 Å². The quantitative estimate of drug-likeness (QED) is 0.654. The van der Waals surface area contributed by atoms with Crippen LogP contribution in [-0.2, 0) is 4.57 Å². The predicted octanol–water partition coefficient (Wildman–Crippen LogP) is 4.37. The zero-order valence-corrected chi connectivity index (χ0v) is 13.0. The van der Waals surface area contributed by atoms with Crippen LogP contribution < -0.4 is 10.6 Å². The van der Waals surface area contributed by atoms with Crippen LogP contribution in [0.25, 0.3) is 0 Å². The average molecular weight is 303 g/mol. The molecule has 0 atom stereocenters. The lowest BCUT2D eigenvalue weighted by atomic mass is 10.2. The van der Waals surface area contributed by atoms with E-state index in [4.69, 9.17) is 0 Å². The van der Waals surface area contributed by atoms with Gasteiger partial charge in [-0.3, -0.25) is 0 Å². The van der Waals surface area contributed by atoms with E-state index in [1.54, 1.807) is 5.82 Å². The fourth-order valence-corrected chi connectivity index (χ4v) is 4.45. The molecule has 0 aliphatic rings. The van der Waals surface area contributed by atoms with Crippen molar-refractivity contribution < 1.29 is 4.57 Å². The summed E-state index contributed by atoms with van der Waals surface area (Å²) in [6.45, 7) is 0. The summed E-state index contributed by atoms with van der Waals surface area (Å²) in [5, 5.41) is 1.65. The maximum absolute atomic E-state index is 13.7. The van der Waals surface area contributed by atoms with Crippen molar-refractivity contribution in [3.05, 3.63) is 108 Å². The minimum absolute atomic E-state index is 0.824. The average Bonchev–Trinajstić information content (AvgIpc) is 2.62. The summed E-state index contributed by atoms with van der Waals surface area (Å²) in [6.07, 6.45) is 3.19. The Morgan fingerprint density at radius 3 is 1.50 bits per heavy atom. The van der Waals surface area contributed by atoms with Gasteiger partial charge in [0.15, 0.2) is 7.14 Å². The fraction of sp³-hybridized carbons (Fsp3) is 0. The highest BCUT2D eigenvalue weighted by molar-refractivity contribution is 7.81. The van der Waals surface area contributed by atoms with E-state index in [-0.39, 0.29) is 0 Å². The smallest absolute Gasteiger partial charge is 0.164 e. The molecule has 0 amide bonds. The van der Waals surface area contributed by atoms with E-state index in [1.165, 1.54) is 0 Å². The second kappa shape index (κ2) is 6.60. The molecule has 3 aromatic carbocycles. The SMILES string of the molecule is O=P(C=[C]c1ccccc1)(c1ccccc1)c1ccccc1. The number of hydrogen-bond acceptors (Lipinski definition) is 1. The first kappa shape index (κ1) is 14.6. The largest absolute Gasteiger partial charge is 0.309 e. The molecule has 0 fully saturated rings. The summed E-state index contributed by atoms with van der Waals surface area (Å²) >= 11 is 0. The van der Waals surface area contributed by atoms with Gasteiger partial charge in [0.1, 0.15) is 0 Å². The van der Waals surface area contributed by atoms with Gasteiger partial charge in [0.05, 0.1) is 0 Å². The maximum Gasteiger partial charge on any atom is 0.164 e. The molecule has 3 aromatic rings. The number of rotatable bonds is 4. The first-order valence-corrected chi connectivity index (χ1v) is 8.93. The molecule has 0 heterocycles. The Kier molecular flexibility index (Phi) is 4.37. The predicted molar refractivity (Wildman–Crippen MR) is 93.1 cm³/mol. The van der Waals surface area contributed by atoms with Crippen LogP contribution in [-0.4, -0.2) is 0 Å². The molecule has 0 unspecified atom stereocenters. The maximum atomic E-state index is 13.7. The van der Waals surface area contributed by atoms with Gasteiger partial charge in [-0.05, 0) is 17.5 Å². The highest BCUT2D eigenvalue weighted by Gasteiger charge is 2.23. The normalized spacial score (nSPS) is 11.6. The van der Waals surface area contributed by atoms with Crippen molar-refractivity contribution in [2.24, 2.45) is 0 Å². The van der Waals surface area contributed by atoms with Gasteiger partial charge in [-0.2, -0.15) is 0 Å². The Bertz CT molecular complexity index is 749. The van der Waals surface area contributed by atoms with Gasteiger partial charge in [0.25, 0.3) is 0 Å². The van der Waals surface area contributed by atoms with Gasteiger partial charge in [0.2, 0.25) is 0 Å². The van der Waals surface area contributed by atoms with Gasteiger partial charge in [-0.25, -0.2) is 0 Å². The Morgan fingerprint density at radius 2 is 1.05 bits per heavy atom.